The number of carboxylic acid groups (broad SMARTS) is 1. The minimum Gasteiger partial charge on any atom is -0.487 e. The molecule has 0 bridgehead atoms. The molecule has 0 aliphatic carbocycles. The van der Waals surface area contributed by atoms with Crippen LogP contribution < -0.4 is 51.1 Å². The Morgan fingerprint density at radius 1 is 0.398 bits per heavy atom. The van der Waals surface area contributed by atoms with Crippen LogP contribution in [-0.2, 0) is 74.8 Å². The second-order valence-corrected chi connectivity index (χ2v) is 35.0. The third-order valence-corrected chi connectivity index (χ3v) is 24.7. The Morgan fingerprint density at radius 2 is 0.737 bits per heavy atom. The fourth-order valence-corrected chi connectivity index (χ4v) is 17.7. The number of thiazole rings is 3. The van der Waals surface area contributed by atoms with Gasteiger partial charge in [0.2, 0.25) is 5.75 Å². The predicted molar refractivity (Wildman–Crippen MR) is 505 cm³/mol. The number of nitrogens with zero attached hydrogens (tertiary/aromatic N) is 15. The summed E-state index contributed by atoms with van der Waals surface area (Å²) < 4.78 is 80.7. The van der Waals surface area contributed by atoms with Gasteiger partial charge in [0.05, 0.1) is 151 Å². The van der Waals surface area contributed by atoms with Gasteiger partial charge in [-0.2, -0.15) is 0 Å². The van der Waals surface area contributed by atoms with Crippen LogP contribution in [-0.4, -0.2) is 174 Å². The molecular formula is C96H94N16O18S3. The summed E-state index contributed by atoms with van der Waals surface area (Å²) in [6.45, 7) is 15.4. The van der Waals surface area contributed by atoms with Crippen molar-refractivity contribution in [2.75, 3.05) is 94.0 Å². The average molecular weight is 1860 g/mol. The molecule has 0 aliphatic rings. The molecule has 0 radical (unpaired) electrons. The first-order chi connectivity index (χ1) is 64.8. The van der Waals surface area contributed by atoms with Gasteiger partial charge < -0.3 is 81.0 Å². The van der Waals surface area contributed by atoms with Gasteiger partial charge >= 0.3 is 22.8 Å². The molecule has 34 nitrogen and oxygen atoms in total. The van der Waals surface area contributed by atoms with Crippen LogP contribution >= 0.6 is 34.0 Å². The van der Waals surface area contributed by atoms with Crippen molar-refractivity contribution in [2.24, 2.45) is 0 Å². The maximum Gasteiger partial charge on any atom is 0.346 e. The van der Waals surface area contributed by atoms with Gasteiger partial charge in [-0.3, -0.25) is 4.79 Å². The van der Waals surface area contributed by atoms with E-state index in [-0.39, 0.29) is 153 Å². The van der Waals surface area contributed by atoms with Gasteiger partial charge in [-0.25, -0.2) is 48.2 Å². The standard InChI is InChI=1S/C96H94N16O18S3/c1-59(2)110(71-26-23-64-41-74(94(116)128-80(64)46-71)90-98-77-13-7-10-16-85(77)131-90)53-68-50-107(104-101-68)56-122-32-29-119-35-38-125-83-44-67(89(113)97-49-62-19-21-63(22-20-62)93(114)115)45-84(126-39-36-120-30-33-123-57-108-51-69(102-105-108)54-111(60(3)4)72-27-24-65-42-75(95(117)129-81(65)47-72)91-99-78-14-8-11-17-86(78)132-91)88(83)127-40-37-121-31-34-124-58-109-52-70(103-106-109)55-112(61(5)6)73-28-25-66-43-76(96(118)130-82(66)48-73)92-100-79-15-9-12-18-87(79)133-92/h7-28,41-48,50-52,59-61H,29-40,49,53-58H2,1-6H3,(H,97,113)(H,114,115). The molecule has 1 amide bonds. The third-order valence-electron chi connectivity index (χ3n) is 21.5. The molecule has 37 heteroatoms. The van der Waals surface area contributed by atoms with Gasteiger partial charge in [0.25, 0.3) is 5.91 Å². The fourth-order valence-electron chi connectivity index (χ4n) is 14.8. The summed E-state index contributed by atoms with van der Waals surface area (Å²) in [4.78, 5) is 86.5. The van der Waals surface area contributed by atoms with Crippen molar-refractivity contribution in [1.29, 1.82) is 0 Å². The molecule has 0 spiro atoms. The largest absolute Gasteiger partial charge is 0.487 e. The topological polar surface area (TPSA) is 381 Å². The van der Waals surface area contributed by atoms with Crippen LogP contribution in [0.15, 0.2) is 228 Å². The van der Waals surface area contributed by atoms with Crippen molar-refractivity contribution in [2.45, 2.75) is 106 Å². The van der Waals surface area contributed by atoms with Crippen molar-refractivity contribution in [3.05, 3.63) is 266 Å². The number of carbonyl (C=O) groups is 2. The molecule has 0 unspecified atom stereocenters. The number of aromatic nitrogens is 12. The number of benzene rings is 8. The first-order valence-electron chi connectivity index (χ1n) is 43.2. The summed E-state index contributed by atoms with van der Waals surface area (Å²) in [7, 11) is 0. The molecule has 2 N–H and O–H groups in total. The Kier molecular flexibility index (Phi) is 29.0. The Balaban J connectivity index is 0.509. The maximum absolute atomic E-state index is 14.2. The number of hydrogen-bond acceptors (Lipinski definition) is 32. The number of amides is 1. The van der Waals surface area contributed by atoms with E-state index in [1.165, 1.54) is 58.3 Å². The van der Waals surface area contributed by atoms with E-state index in [1.807, 2.05) is 164 Å². The maximum atomic E-state index is 14.2. The quantitative estimate of drug-likeness (QED) is 0.0264. The van der Waals surface area contributed by atoms with E-state index >= 15 is 0 Å². The number of fused-ring (bicyclic) bond motifs is 6. The zero-order valence-electron chi connectivity index (χ0n) is 73.5. The van der Waals surface area contributed by atoms with Gasteiger partial charge in [-0.15, -0.1) is 49.3 Å². The van der Waals surface area contributed by atoms with Crippen molar-refractivity contribution >= 4 is 127 Å². The van der Waals surface area contributed by atoms with E-state index in [0.29, 0.717) is 90.7 Å². The Bertz CT molecular complexity index is 6780. The van der Waals surface area contributed by atoms with Gasteiger partial charge in [0.1, 0.15) is 88.9 Å². The van der Waals surface area contributed by atoms with E-state index in [2.05, 4.69) is 107 Å². The number of ether oxygens (including phenoxy) is 9. The Morgan fingerprint density at radius 3 is 1.08 bits per heavy atom. The molecule has 8 aromatic carbocycles. The second-order valence-electron chi connectivity index (χ2n) is 31.9. The summed E-state index contributed by atoms with van der Waals surface area (Å²) in [6.07, 6.45) is 5.43. The number of nitrogens with one attached hydrogen (secondary N) is 1. The highest BCUT2D eigenvalue weighted by atomic mass is 32.1. The summed E-state index contributed by atoms with van der Waals surface area (Å²) in [6, 6.07) is 55.5. The number of rotatable bonds is 46. The molecule has 9 heterocycles. The smallest absolute Gasteiger partial charge is 0.346 e. The van der Waals surface area contributed by atoms with Crippen LogP contribution in [0.25, 0.3) is 95.3 Å². The van der Waals surface area contributed by atoms with Crippen molar-refractivity contribution in [3.8, 4) is 49.0 Å². The zero-order chi connectivity index (χ0) is 91.9. The highest BCUT2D eigenvalue weighted by Crippen LogP contribution is 2.41. The first kappa shape index (κ1) is 90.9. The minimum atomic E-state index is -1.08. The van der Waals surface area contributed by atoms with Crippen LogP contribution in [0.4, 0.5) is 17.1 Å². The molecule has 0 saturated carbocycles. The molecule has 9 aromatic heterocycles. The van der Waals surface area contributed by atoms with Crippen molar-refractivity contribution < 1.29 is 70.6 Å². The molecule has 0 atom stereocenters. The number of carbonyl (C=O) groups excluding carboxylic acids is 1. The molecule has 0 aliphatic heterocycles. The van der Waals surface area contributed by atoms with Crippen LogP contribution in [0.3, 0.4) is 0 Å². The number of hydrogen-bond donors (Lipinski definition) is 2. The monoisotopic (exact) mass is 1850 g/mol. The summed E-state index contributed by atoms with van der Waals surface area (Å²) in [5.41, 5.74) is 9.16. The van der Waals surface area contributed by atoms with E-state index in [9.17, 15) is 29.1 Å². The lowest BCUT2D eigenvalue weighted by molar-refractivity contribution is 0.00450. The molecule has 684 valence electrons. The second kappa shape index (κ2) is 42.5. The van der Waals surface area contributed by atoms with E-state index in [0.717, 1.165) is 63.9 Å². The highest BCUT2D eigenvalue weighted by Gasteiger charge is 2.26. The average Bonchev–Trinajstić information content (AvgIpc) is 1.77. The lowest BCUT2D eigenvalue weighted by Crippen LogP contribution is -2.30. The number of para-hydroxylation sites is 3. The molecule has 0 saturated heterocycles. The fraction of sp³-hybridized carbons (Fsp3) is 0.292. The first-order valence-corrected chi connectivity index (χ1v) is 45.7. The lowest BCUT2D eigenvalue weighted by Gasteiger charge is -2.28. The Labute approximate surface area is 772 Å². The number of carboxylic acids is 1. The Hall–Kier alpha value is -14.0. The summed E-state index contributed by atoms with van der Waals surface area (Å²) in [5.74, 6) is -1.09. The van der Waals surface area contributed by atoms with Gasteiger partial charge in [0, 0.05) is 81.7 Å². The molecular weight excluding hydrogens is 1760 g/mol. The van der Waals surface area contributed by atoms with E-state index in [4.69, 9.17) is 55.9 Å². The normalized spacial score (nSPS) is 11.8. The van der Waals surface area contributed by atoms with Gasteiger partial charge in [0.15, 0.2) is 11.5 Å². The third kappa shape index (κ3) is 22.6. The number of aromatic carboxylic acids is 1. The predicted octanol–water partition coefficient (Wildman–Crippen LogP) is 15.7. The van der Waals surface area contributed by atoms with E-state index < -0.39 is 28.8 Å². The minimum absolute atomic E-state index is 0.00205. The van der Waals surface area contributed by atoms with Crippen molar-refractivity contribution in [3.63, 3.8) is 0 Å². The SMILES string of the molecule is CC(C)N(Cc1cn(COCCOCCOc2cc(C(=O)NCc3ccc(C(=O)O)cc3)cc(OCCOCCOCn3cc(CN(c4ccc5cc(-c6nc7ccccc7s6)c(=O)oc5c4)C(C)C)nn3)c2OCCOCCOCn2cc(CN(c3ccc4cc(-c5nc6ccccc6s5)c(=O)oc4c3)C(C)C)nn2)nn1)c1ccc2cc(-c3nc4ccccc4s3)c(=O)oc2c1. The van der Waals surface area contributed by atoms with E-state index in [1.54, 1.807) is 26.2 Å². The zero-order valence-corrected chi connectivity index (χ0v) is 76.0. The van der Waals surface area contributed by atoms with Crippen LogP contribution in [0.2, 0.25) is 0 Å². The highest BCUT2D eigenvalue weighted by molar-refractivity contribution is 7.22. The van der Waals surface area contributed by atoms with Crippen LogP contribution in [0, 0.1) is 0 Å². The molecule has 17 aromatic rings. The van der Waals surface area contributed by atoms with Crippen LogP contribution in [0.1, 0.15) is 84.9 Å². The number of anilines is 3. The van der Waals surface area contributed by atoms with Crippen molar-refractivity contribution in [1.82, 2.24) is 65.3 Å². The van der Waals surface area contributed by atoms with Gasteiger partial charge in [-0.05, 0) is 162 Å². The summed E-state index contributed by atoms with van der Waals surface area (Å²) in [5, 5.41) is 42.9. The van der Waals surface area contributed by atoms with Gasteiger partial charge in [-0.1, -0.05) is 64.2 Å². The molecule has 17 rings (SSSR count). The van der Waals surface area contributed by atoms with Crippen LogP contribution in [0.5, 0.6) is 17.2 Å². The lowest BCUT2D eigenvalue weighted by atomic mass is 10.1. The molecule has 133 heavy (non-hydrogen) atoms. The summed E-state index contributed by atoms with van der Waals surface area (Å²) >= 11 is 4.34. The molecule has 0 fully saturated rings.